The SMILES string of the molecule is CC(=O)[C@]1(O)Cc2c(O)c3c(c(O)c2[C@@H](O[C@H]2C[C@H](OC(=O)c4ccc([N+](=O)[O-])cc4)[C@@H](O[C@H]4C[C@H](NC(=O)C(F)(F)F)[C@H](OC(=O)c5ccc([N+](=O)[O-])cc5)[C@H](C)O4)[C@H](C)O2)C1)C(=O)c1ccccc1C3=O. The quantitative estimate of drug-likeness (QED) is 0.0542. The van der Waals surface area contributed by atoms with Crippen molar-refractivity contribution in [1.82, 2.24) is 5.32 Å². The molecule has 25 heteroatoms. The van der Waals surface area contributed by atoms with E-state index in [1.807, 2.05) is 0 Å². The van der Waals surface area contributed by atoms with E-state index in [2.05, 4.69) is 0 Å². The lowest BCUT2D eigenvalue weighted by Crippen LogP contribution is -2.60. The number of ether oxygens (including phenoxy) is 6. The van der Waals surface area contributed by atoms with Crippen molar-refractivity contribution in [3.8, 4) is 11.5 Å². The fourth-order valence-electron chi connectivity index (χ4n) is 9.36. The number of halogens is 3. The molecule has 0 aromatic heterocycles. The lowest BCUT2D eigenvalue weighted by atomic mass is 9.72. The number of esters is 2. The third-order valence-electron chi connectivity index (χ3n) is 13.1. The first-order chi connectivity index (χ1) is 34.4. The molecule has 73 heavy (non-hydrogen) atoms. The van der Waals surface area contributed by atoms with Crippen molar-refractivity contribution in [3.05, 3.63) is 138 Å². The zero-order chi connectivity index (χ0) is 53.0. The Hall–Kier alpha value is -7.71. The number of nitrogens with zero attached hydrogens (tertiary/aromatic N) is 2. The molecule has 4 N–H and O–H groups in total. The van der Waals surface area contributed by atoms with Gasteiger partial charge in [-0.1, -0.05) is 24.3 Å². The zero-order valence-electron chi connectivity index (χ0n) is 38.4. The first-order valence-electron chi connectivity index (χ1n) is 22.3. The molecule has 0 spiro atoms. The monoisotopic (exact) mass is 1020 g/mol. The highest BCUT2D eigenvalue weighted by Gasteiger charge is 2.52. The van der Waals surface area contributed by atoms with Gasteiger partial charge in [0, 0.05) is 72.2 Å². The molecule has 0 bridgehead atoms. The number of nitrogens with one attached hydrogen (secondary N) is 1. The number of phenolic OH excluding ortho intramolecular Hbond substituents is 2. The summed E-state index contributed by atoms with van der Waals surface area (Å²) in [4.78, 5) is 101. The molecule has 8 rings (SSSR count). The second-order valence-corrected chi connectivity index (χ2v) is 17.7. The third-order valence-corrected chi connectivity index (χ3v) is 13.1. The fourth-order valence-corrected chi connectivity index (χ4v) is 9.36. The van der Waals surface area contributed by atoms with E-state index in [9.17, 15) is 77.5 Å². The van der Waals surface area contributed by atoms with Crippen molar-refractivity contribution in [1.29, 1.82) is 0 Å². The molecule has 2 saturated heterocycles. The molecule has 2 aliphatic carbocycles. The minimum atomic E-state index is -5.42. The van der Waals surface area contributed by atoms with Crippen LogP contribution < -0.4 is 5.32 Å². The van der Waals surface area contributed by atoms with Crippen LogP contribution in [-0.4, -0.2) is 121 Å². The van der Waals surface area contributed by atoms with Crippen molar-refractivity contribution in [3.63, 3.8) is 0 Å². The number of amides is 1. The minimum absolute atomic E-state index is 0.0756. The highest BCUT2D eigenvalue weighted by molar-refractivity contribution is 6.30. The van der Waals surface area contributed by atoms with Crippen molar-refractivity contribution in [2.45, 2.75) is 113 Å². The maximum absolute atomic E-state index is 13.9. The normalized spacial score (nSPS) is 26.6. The Morgan fingerprint density at radius 2 is 1.23 bits per heavy atom. The number of non-ortho nitro benzene ring substituents is 2. The minimum Gasteiger partial charge on any atom is -0.507 e. The van der Waals surface area contributed by atoms with E-state index < -0.39 is 160 Å². The Morgan fingerprint density at radius 1 is 0.740 bits per heavy atom. The number of hydrogen-bond donors (Lipinski definition) is 4. The molecular weight excluding hydrogens is 980 g/mol. The molecule has 2 fully saturated rings. The molecule has 10 atom stereocenters. The molecule has 1 amide bonds. The molecule has 4 aromatic carbocycles. The van der Waals surface area contributed by atoms with Gasteiger partial charge in [-0.05, 0) is 45.0 Å². The molecule has 4 aromatic rings. The second-order valence-electron chi connectivity index (χ2n) is 17.7. The number of alkyl halides is 3. The van der Waals surface area contributed by atoms with E-state index >= 15 is 0 Å². The van der Waals surface area contributed by atoms with Gasteiger partial charge in [0.2, 0.25) is 0 Å². The van der Waals surface area contributed by atoms with E-state index in [1.165, 1.54) is 38.1 Å². The Kier molecular flexibility index (Phi) is 13.9. The smallest absolute Gasteiger partial charge is 0.471 e. The van der Waals surface area contributed by atoms with Crippen LogP contribution in [0.4, 0.5) is 24.5 Å². The summed E-state index contributed by atoms with van der Waals surface area (Å²) in [6.45, 7) is 3.72. The van der Waals surface area contributed by atoms with Crippen molar-refractivity contribution in [2.24, 2.45) is 0 Å². The summed E-state index contributed by atoms with van der Waals surface area (Å²) in [5, 5.41) is 59.6. The van der Waals surface area contributed by atoms with Crippen LogP contribution in [0.2, 0.25) is 0 Å². The van der Waals surface area contributed by atoms with Crippen molar-refractivity contribution < 1.29 is 95.5 Å². The number of aromatic hydroxyl groups is 2. The Balaban J connectivity index is 1.10. The highest BCUT2D eigenvalue weighted by Crippen LogP contribution is 2.52. The van der Waals surface area contributed by atoms with E-state index in [-0.39, 0.29) is 44.8 Å². The van der Waals surface area contributed by atoms with Crippen LogP contribution >= 0.6 is 0 Å². The van der Waals surface area contributed by atoms with Crippen molar-refractivity contribution >= 4 is 46.6 Å². The number of rotatable bonds is 12. The van der Waals surface area contributed by atoms with Gasteiger partial charge in [0.1, 0.15) is 35.4 Å². The van der Waals surface area contributed by atoms with Gasteiger partial charge in [-0.15, -0.1) is 0 Å². The van der Waals surface area contributed by atoms with E-state index in [0.717, 1.165) is 55.5 Å². The number of Topliss-reactive ketones (excluding diaryl/α,β-unsaturated/α-hetero) is 1. The summed E-state index contributed by atoms with van der Waals surface area (Å²) in [6, 6.07) is 12.3. The van der Waals surface area contributed by atoms with E-state index in [4.69, 9.17) is 28.4 Å². The van der Waals surface area contributed by atoms with Crippen LogP contribution in [0.15, 0.2) is 72.8 Å². The average Bonchev–Trinajstić information content (AvgIpc) is 3.33. The molecular formula is C48H42F3N3O19. The molecule has 4 aliphatic rings. The van der Waals surface area contributed by atoms with Crippen LogP contribution in [0.25, 0.3) is 0 Å². The molecule has 0 radical (unpaired) electrons. The maximum Gasteiger partial charge on any atom is 0.471 e. The standard InChI is InChI=1S/C48H42F3N3O19/c1-20-42(73-45(61)24-10-14-26(15-11-24)54(66)67)30(52-46(62)48(49,50)51)16-33(68-20)72-43-21(2)69-34(17-31(43)71-44(60)23-8-12-25(13-9-23)53(64)65)70-32-19-47(63,22(3)55)18-29-35(32)41(59)37-36(40(29)58)38(56)27-6-4-5-7-28(27)39(37)57/h4-15,20-21,30-34,42-43,58-59,63H,16-19H2,1-3H3,(H,52,62)/t20-,21-,30-,31-,32-,33-,34-,42+,43-,47-/m0/s1. The Bertz CT molecular complexity index is 2950. The Labute approximate surface area is 409 Å². The molecule has 0 saturated carbocycles. The third kappa shape index (κ3) is 10.1. The van der Waals surface area contributed by atoms with Crippen LogP contribution in [-0.2, 0) is 44.4 Å². The summed E-state index contributed by atoms with van der Waals surface area (Å²) >= 11 is 0. The van der Waals surface area contributed by atoms with Gasteiger partial charge in [-0.2, -0.15) is 13.2 Å². The summed E-state index contributed by atoms with van der Waals surface area (Å²) in [7, 11) is 0. The second kappa shape index (κ2) is 19.7. The molecule has 2 heterocycles. The van der Waals surface area contributed by atoms with Gasteiger partial charge in [0.25, 0.3) is 11.4 Å². The number of carbonyl (C=O) groups excluding carboxylic acids is 6. The number of carbonyl (C=O) groups is 6. The lowest BCUT2D eigenvalue weighted by molar-refractivity contribution is -0.385. The van der Waals surface area contributed by atoms with Crippen LogP contribution in [0.3, 0.4) is 0 Å². The van der Waals surface area contributed by atoms with Crippen LogP contribution in [0.5, 0.6) is 11.5 Å². The summed E-state index contributed by atoms with van der Waals surface area (Å²) in [5.74, 6) is -8.73. The summed E-state index contributed by atoms with van der Waals surface area (Å²) in [6.07, 6.45) is -19.8. The molecule has 0 unspecified atom stereocenters. The van der Waals surface area contributed by atoms with Crippen LogP contribution in [0, 0.1) is 20.2 Å². The molecule has 22 nitrogen and oxygen atoms in total. The predicted molar refractivity (Wildman–Crippen MR) is 236 cm³/mol. The molecule has 384 valence electrons. The van der Waals surface area contributed by atoms with Crippen molar-refractivity contribution in [2.75, 3.05) is 0 Å². The lowest BCUT2D eigenvalue weighted by Gasteiger charge is -2.45. The number of benzene rings is 4. The first kappa shape index (κ1) is 51.6. The number of hydrogen-bond acceptors (Lipinski definition) is 19. The van der Waals surface area contributed by atoms with Gasteiger partial charge >= 0.3 is 24.0 Å². The van der Waals surface area contributed by atoms with Gasteiger partial charge < -0.3 is 49.1 Å². The number of fused-ring (bicyclic) bond motifs is 3. The number of phenols is 2. The number of ketones is 3. The van der Waals surface area contributed by atoms with E-state index in [0.29, 0.717) is 0 Å². The average molecular weight is 1020 g/mol. The summed E-state index contributed by atoms with van der Waals surface area (Å²) < 4.78 is 77.3. The summed E-state index contributed by atoms with van der Waals surface area (Å²) in [5.41, 5.74) is -5.36. The number of aliphatic hydroxyl groups is 1. The first-order valence-corrected chi connectivity index (χ1v) is 22.3. The van der Waals surface area contributed by atoms with Gasteiger partial charge in [0.05, 0.1) is 56.5 Å². The van der Waals surface area contributed by atoms with E-state index in [1.54, 1.807) is 5.32 Å². The largest absolute Gasteiger partial charge is 0.507 e. The predicted octanol–water partition coefficient (Wildman–Crippen LogP) is 5.17. The van der Waals surface area contributed by atoms with Gasteiger partial charge in [-0.25, -0.2) is 9.59 Å². The van der Waals surface area contributed by atoms with Crippen LogP contribution in [0.1, 0.15) is 110 Å². The van der Waals surface area contributed by atoms with Gasteiger partial charge in [-0.3, -0.25) is 39.4 Å². The topological polar surface area (TPSA) is 317 Å². The van der Waals surface area contributed by atoms with Gasteiger partial charge in [0.15, 0.2) is 29.9 Å². The molecule has 2 aliphatic heterocycles. The fraction of sp³-hybridized carbons (Fsp3) is 0.375. The Morgan fingerprint density at radius 3 is 1.74 bits per heavy atom. The maximum atomic E-state index is 13.9. The highest BCUT2D eigenvalue weighted by atomic mass is 19.4. The number of nitro groups is 2. The number of nitro benzene ring substituents is 2. The zero-order valence-corrected chi connectivity index (χ0v) is 38.4.